The Balaban J connectivity index is 0.000000686. The summed E-state index contributed by atoms with van der Waals surface area (Å²) in [5, 5.41) is 11.1. The normalized spacial score (nSPS) is 10.2. The van der Waals surface area contributed by atoms with Crippen molar-refractivity contribution < 1.29 is 9.94 Å². The molecule has 1 aromatic carbocycles. The van der Waals surface area contributed by atoms with Crippen LogP contribution in [-0.2, 0) is 0 Å². The van der Waals surface area contributed by atoms with E-state index < -0.39 is 0 Å². The first-order valence-corrected chi connectivity index (χ1v) is 6.25. The Labute approximate surface area is 103 Å². The predicted octanol–water partition coefficient (Wildman–Crippen LogP) is 3.82. The van der Waals surface area contributed by atoms with Crippen LogP contribution in [0.25, 0.3) is 10.9 Å². The van der Waals surface area contributed by atoms with Crippen molar-refractivity contribution >= 4 is 10.9 Å². The van der Waals surface area contributed by atoms with E-state index in [0.29, 0.717) is 5.92 Å². The number of fused-ring (bicyclic) bond motifs is 1. The lowest BCUT2D eigenvalue weighted by Crippen LogP contribution is -2.36. The summed E-state index contributed by atoms with van der Waals surface area (Å²) in [4.78, 5) is 0. The minimum Gasteiger partial charge on any atom is -0.284 e. The van der Waals surface area contributed by atoms with Gasteiger partial charge in [-0.15, -0.1) is 0 Å². The third kappa shape index (κ3) is 2.57. The highest BCUT2D eigenvalue weighted by Crippen LogP contribution is 2.20. The van der Waals surface area contributed by atoms with E-state index in [9.17, 15) is 5.21 Å². The molecule has 0 aliphatic rings. The summed E-state index contributed by atoms with van der Waals surface area (Å²) in [6, 6.07) is 10.0. The van der Waals surface area contributed by atoms with E-state index in [1.165, 1.54) is 10.3 Å². The van der Waals surface area contributed by atoms with Gasteiger partial charge in [-0.2, -0.15) is 0 Å². The van der Waals surface area contributed by atoms with E-state index in [1.54, 1.807) is 0 Å². The van der Waals surface area contributed by atoms with Crippen molar-refractivity contribution in [3.8, 4) is 0 Å². The maximum atomic E-state index is 10.0. The molecule has 0 amide bonds. The first-order valence-electron chi connectivity index (χ1n) is 6.25. The van der Waals surface area contributed by atoms with Crippen LogP contribution in [0.1, 0.15) is 44.9 Å². The number of aromatic nitrogens is 1. The predicted molar refractivity (Wildman–Crippen MR) is 71.5 cm³/mol. The summed E-state index contributed by atoms with van der Waals surface area (Å²) in [6.45, 7) is 10.2. The number of rotatable bonds is 1. The molecule has 2 rings (SSSR count). The quantitative estimate of drug-likeness (QED) is 0.586. The molecule has 0 saturated carbocycles. The highest BCUT2D eigenvalue weighted by atomic mass is 16.5. The molecule has 0 radical (unpaired) electrons. The minimum atomic E-state index is 0.424. The van der Waals surface area contributed by atoms with Crippen molar-refractivity contribution in [2.24, 2.45) is 0 Å². The number of pyridine rings is 1. The monoisotopic (exact) mass is 232 g/mol. The second-order valence-corrected chi connectivity index (χ2v) is 4.21. The minimum absolute atomic E-state index is 0.424. The van der Waals surface area contributed by atoms with Crippen LogP contribution in [0, 0.1) is 6.92 Å². The van der Waals surface area contributed by atoms with E-state index in [4.69, 9.17) is 0 Å². The molecule has 0 aliphatic heterocycles. The molecule has 0 fully saturated rings. The molecule has 92 valence electrons. The first kappa shape index (κ1) is 13.5. The fourth-order valence-corrected chi connectivity index (χ4v) is 1.96. The summed E-state index contributed by atoms with van der Waals surface area (Å²) in [7, 11) is 0. The van der Waals surface area contributed by atoms with Gasteiger partial charge in [-0.05, 0) is 18.1 Å². The van der Waals surface area contributed by atoms with Crippen molar-refractivity contribution in [1.29, 1.82) is 0 Å². The van der Waals surface area contributed by atoms with E-state index in [0.717, 1.165) is 16.6 Å². The molecule has 0 atom stereocenters. The lowest BCUT2D eigenvalue weighted by molar-refractivity contribution is -0.889. The maximum absolute atomic E-state index is 10.0. The average Bonchev–Trinajstić information content (AvgIpc) is 2.36. The van der Waals surface area contributed by atoms with Gasteiger partial charge in [0.15, 0.2) is 0 Å². The van der Waals surface area contributed by atoms with Crippen LogP contribution in [-0.4, -0.2) is 5.21 Å². The highest BCUT2D eigenvalue weighted by Gasteiger charge is 2.18. The van der Waals surface area contributed by atoms with Gasteiger partial charge in [0.2, 0.25) is 5.69 Å². The Bertz CT molecular complexity index is 503. The van der Waals surface area contributed by atoms with Crippen molar-refractivity contribution in [2.75, 3.05) is 0 Å². The smallest absolute Gasteiger partial charge is 0.264 e. The maximum Gasteiger partial charge on any atom is 0.264 e. The summed E-state index contributed by atoms with van der Waals surface area (Å²) >= 11 is 0. The topological polar surface area (TPSA) is 24.1 Å². The van der Waals surface area contributed by atoms with Gasteiger partial charge in [-0.25, -0.2) is 0 Å². The van der Waals surface area contributed by atoms with Gasteiger partial charge in [-0.1, -0.05) is 39.8 Å². The lowest BCUT2D eigenvalue weighted by Gasteiger charge is -2.07. The van der Waals surface area contributed by atoms with Crippen LogP contribution < -0.4 is 4.73 Å². The summed E-state index contributed by atoms with van der Waals surface area (Å²) in [5.74, 6) is 0.424. The summed E-state index contributed by atoms with van der Waals surface area (Å²) in [6.07, 6.45) is 0. The Hall–Kier alpha value is -1.57. The number of para-hydroxylation sites is 1. The fraction of sp³-hybridized carbons (Fsp3) is 0.400. The van der Waals surface area contributed by atoms with Gasteiger partial charge in [0.25, 0.3) is 5.52 Å². The third-order valence-corrected chi connectivity index (χ3v) is 2.83. The van der Waals surface area contributed by atoms with Crippen molar-refractivity contribution in [2.45, 2.75) is 40.5 Å². The first-order chi connectivity index (χ1) is 8.11. The molecule has 0 aliphatic carbocycles. The van der Waals surface area contributed by atoms with Gasteiger partial charge in [0, 0.05) is 23.3 Å². The number of hydrogen-bond acceptors (Lipinski definition) is 1. The second-order valence-electron chi connectivity index (χ2n) is 4.21. The largest absolute Gasteiger partial charge is 0.284 e. The molecule has 1 heterocycles. The average molecular weight is 232 g/mol. The van der Waals surface area contributed by atoms with Gasteiger partial charge in [0.1, 0.15) is 0 Å². The molecule has 1 N–H and O–H groups in total. The zero-order valence-corrected chi connectivity index (χ0v) is 11.4. The van der Waals surface area contributed by atoms with E-state index in [2.05, 4.69) is 19.9 Å². The molecule has 1 aromatic heterocycles. The summed E-state index contributed by atoms with van der Waals surface area (Å²) in [5.41, 5.74) is 2.97. The Morgan fingerprint density at radius 3 is 2.29 bits per heavy atom. The second kappa shape index (κ2) is 5.67. The van der Waals surface area contributed by atoms with Crippen molar-refractivity contribution in [3.63, 3.8) is 0 Å². The molecule has 2 heteroatoms. The van der Waals surface area contributed by atoms with Crippen molar-refractivity contribution in [3.05, 3.63) is 41.6 Å². The van der Waals surface area contributed by atoms with Gasteiger partial charge < -0.3 is 0 Å². The summed E-state index contributed by atoms with van der Waals surface area (Å²) < 4.78 is 1.28. The standard InChI is InChI=1S/C13H16NO.C2H6/c1-9(2)12-8-11-6-4-5-7-13(11)14(15)10(12)3;1-2/h4-9,15H,1-3H3;1-2H3/q+1;. The van der Waals surface area contributed by atoms with Crippen LogP contribution in [0.3, 0.4) is 0 Å². The lowest BCUT2D eigenvalue weighted by atomic mass is 10.00. The number of hydrogen-bond donors (Lipinski definition) is 1. The number of nitrogens with zero attached hydrogens (tertiary/aromatic N) is 1. The molecule has 0 unspecified atom stereocenters. The van der Waals surface area contributed by atoms with Crippen LogP contribution in [0.2, 0.25) is 0 Å². The third-order valence-electron chi connectivity index (χ3n) is 2.83. The van der Waals surface area contributed by atoms with E-state index in [1.807, 2.05) is 45.0 Å². The van der Waals surface area contributed by atoms with Gasteiger partial charge in [0.05, 0.1) is 5.39 Å². The molecule has 2 nitrogen and oxygen atoms in total. The molecular weight excluding hydrogens is 210 g/mol. The molecule has 0 saturated heterocycles. The van der Waals surface area contributed by atoms with E-state index in [-0.39, 0.29) is 0 Å². The van der Waals surface area contributed by atoms with Crippen LogP contribution in [0.5, 0.6) is 0 Å². The van der Waals surface area contributed by atoms with Crippen LogP contribution in [0.15, 0.2) is 30.3 Å². The van der Waals surface area contributed by atoms with Crippen LogP contribution in [0.4, 0.5) is 0 Å². The van der Waals surface area contributed by atoms with Crippen LogP contribution >= 0.6 is 0 Å². The zero-order valence-electron chi connectivity index (χ0n) is 11.4. The Morgan fingerprint density at radius 1 is 1.12 bits per heavy atom. The molecule has 0 bridgehead atoms. The Kier molecular flexibility index (Phi) is 4.50. The SMILES string of the molecule is CC.Cc1c(C(C)C)cc2ccccc2[n+]1O. The fourth-order valence-electron chi connectivity index (χ4n) is 1.96. The van der Waals surface area contributed by atoms with Crippen molar-refractivity contribution in [1.82, 2.24) is 0 Å². The molecule has 2 aromatic rings. The van der Waals surface area contributed by atoms with Gasteiger partial charge in [-0.3, -0.25) is 5.21 Å². The number of benzene rings is 1. The molecule has 0 spiro atoms. The molecular formula is C15H22NO+. The zero-order chi connectivity index (χ0) is 13.0. The molecule has 17 heavy (non-hydrogen) atoms. The van der Waals surface area contributed by atoms with E-state index >= 15 is 0 Å². The van der Waals surface area contributed by atoms with Gasteiger partial charge >= 0.3 is 0 Å². The Morgan fingerprint density at radius 2 is 1.71 bits per heavy atom. The highest BCUT2D eigenvalue weighted by molar-refractivity contribution is 5.76.